The third-order valence-electron chi connectivity index (χ3n) is 3.02. The van der Waals surface area contributed by atoms with Gasteiger partial charge in [-0.3, -0.25) is 9.89 Å². The van der Waals surface area contributed by atoms with Gasteiger partial charge >= 0.3 is 0 Å². The van der Waals surface area contributed by atoms with E-state index >= 15 is 0 Å². The molecule has 2 N–H and O–H groups in total. The summed E-state index contributed by atoms with van der Waals surface area (Å²) in [6.07, 6.45) is 1.71. The maximum absolute atomic E-state index is 12.1. The molecule has 1 aliphatic rings. The van der Waals surface area contributed by atoms with Gasteiger partial charge in [0.2, 0.25) is 5.82 Å². The molecular weight excluding hydrogens is 272 g/mol. The Bertz CT molecular complexity index is 653. The van der Waals surface area contributed by atoms with Gasteiger partial charge in [-0.25, -0.2) is 4.98 Å². The fourth-order valence-electron chi connectivity index (χ4n) is 2.05. The van der Waals surface area contributed by atoms with E-state index < -0.39 is 0 Å². The molecule has 0 spiro atoms. The van der Waals surface area contributed by atoms with Crippen LogP contribution in [0.4, 0.5) is 5.69 Å². The summed E-state index contributed by atoms with van der Waals surface area (Å²) in [7, 11) is 0. The highest BCUT2D eigenvalue weighted by molar-refractivity contribution is 6.01. The number of amides is 1. The zero-order valence-electron chi connectivity index (χ0n) is 11.7. The van der Waals surface area contributed by atoms with Gasteiger partial charge in [-0.05, 0) is 18.6 Å². The zero-order chi connectivity index (χ0) is 14.7. The molecule has 0 bridgehead atoms. The molecular formula is C14H16N4O3. The van der Waals surface area contributed by atoms with Gasteiger partial charge in [0, 0.05) is 18.2 Å². The lowest BCUT2D eigenvalue weighted by atomic mass is 10.2. The largest absolute Gasteiger partial charge is 0.486 e. The molecule has 0 radical (unpaired) electrons. The molecule has 21 heavy (non-hydrogen) atoms. The Morgan fingerprint density at radius 2 is 2.14 bits per heavy atom. The number of aryl methyl sites for hydroxylation is 1. The second kappa shape index (κ2) is 5.82. The quantitative estimate of drug-likeness (QED) is 0.895. The number of carbonyl (C=O) groups is 1. The lowest BCUT2D eigenvalue weighted by Gasteiger charge is -2.18. The highest BCUT2D eigenvalue weighted by atomic mass is 16.6. The van der Waals surface area contributed by atoms with Crippen LogP contribution in [0.2, 0.25) is 0 Å². The molecule has 0 aliphatic carbocycles. The van der Waals surface area contributed by atoms with Crippen molar-refractivity contribution in [2.24, 2.45) is 0 Å². The first-order valence-electron chi connectivity index (χ1n) is 6.88. The Morgan fingerprint density at radius 3 is 2.95 bits per heavy atom. The normalized spacial score (nSPS) is 13.0. The number of ether oxygens (including phenoxy) is 2. The molecule has 1 aromatic heterocycles. The highest BCUT2D eigenvalue weighted by Crippen LogP contribution is 2.32. The summed E-state index contributed by atoms with van der Waals surface area (Å²) < 4.78 is 10.9. The molecule has 0 fully saturated rings. The minimum absolute atomic E-state index is 0.133. The second-order valence-electron chi connectivity index (χ2n) is 4.67. The Labute approximate surface area is 121 Å². The number of hydrogen-bond donors (Lipinski definition) is 2. The number of hydrogen-bond acceptors (Lipinski definition) is 5. The smallest absolute Gasteiger partial charge is 0.295 e. The SMILES string of the molecule is CCCc1nc(C(=O)Nc2ccc3c(c2)OCCO3)n[nH]1. The summed E-state index contributed by atoms with van der Waals surface area (Å²) >= 11 is 0. The molecule has 2 heterocycles. The lowest BCUT2D eigenvalue weighted by molar-refractivity contribution is 0.101. The number of nitrogens with zero attached hydrogens (tertiary/aromatic N) is 2. The molecule has 1 aliphatic heterocycles. The third kappa shape index (κ3) is 2.96. The number of anilines is 1. The molecule has 7 heteroatoms. The van der Waals surface area contributed by atoms with Crippen LogP contribution in [0.3, 0.4) is 0 Å². The average Bonchev–Trinajstić information content (AvgIpc) is 2.96. The Balaban J connectivity index is 1.71. The first kappa shape index (κ1) is 13.4. The van der Waals surface area contributed by atoms with Gasteiger partial charge in [-0.15, -0.1) is 5.10 Å². The molecule has 1 aromatic carbocycles. The van der Waals surface area contributed by atoms with Crippen LogP contribution in [-0.2, 0) is 6.42 Å². The van der Waals surface area contributed by atoms with Crippen molar-refractivity contribution in [3.05, 3.63) is 29.8 Å². The van der Waals surface area contributed by atoms with Gasteiger partial charge in [0.25, 0.3) is 5.91 Å². The summed E-state index contributed by atoms with van der Waals surface area (Å²) in [5.41, 5.74) is 0.617. The van der Waals surface area contributed by atoms with E-state index in [4.69, 9.17) is 9.47 Å². The van der Waals surface area contributed by atoms with Crippen molar-refractivity contribution in [2.45, 2.75) is 19.8 Å². The predicted molar refractivity (Wildman–Crippen MR) is 75.8 cm³/mol. The van der Waals surface area contributed by atoms with Gasteiger partial charge in [0.15, 0.2) is 11.5 Å². The number of H-pyrrole nitrogens is 1. The number of nitrogens with one attached hydrogen (secondary N) is 2. The molecule has 0 saturated carbocycles. The number of rotatable bonds is 4. The molecule has 3 rings (SSSR count). The van der Waals surface area contributed by atoms with Gasteiger partial charge in [-0.1, -0.05) is 6.92 Å². The fourth-order valence-corrected chi connectivity index (χ4v) is 2.05. The molecule has 7 nitrogen and oxygen atoms in total. The van der Waals surface area contributed by atoms with E-state index in [0.29, 0.717) is 36.2 Å². The van der Waals surface area contributed by atoms with E-state index in [0.717, 1.165) is 12.8 Å². The van der Waals surface area contributed by atoms with Crippen LogP contribution in [0.1, 0.15) is 29.8 Å². The molecule has 0 atom stereocenters. The van der Waals surface area contributed by atoms with Crippen molar-refractivity contribution in [3.8, 4) is 11.5 Å². The fraction of sp³-hybridized carbons (Fsp3) is 0.357. The van der Waals surface area contributed by atoms with E-state index in [-0.39, 0.29) is 11.7 Å². The second-order valence-corrected chi connectivity index (χ2v) is 4.67. The van der Waals surface area contributed by atoms with E-state index in [1.165, 1.54) is 0 Å². The molecule has 110 valence electrons. The van der Waals surface area contributed by atoms with Gasteiger partial charge in [0.1, 0.15) is 19.0 Å². The van der Waals surface area contributed by atoms with Crippen molar-refractivity contribution in [1.82, 2.24) is 15.2 Å². The summed E-state index contributed by atoms with van der Waals surface area (Å²) in [5, 5.41) is 9.42. The number of benzene rings is 1. The van der Waals surface area contributed by atoms with Gasteiger partial charge in [0.05, 0.1) is 0 Å². The van der Waals surface area contributed by atoms with Gasteiger partial charge in [-0.2, -0.15) is 0 Å². The van der Waals surface area contributed by atoms with Crippen molar-refractivity contribution in [1.29, 1.82) is 0 Å². The Morgan fingerprint density at radius 1 is 1.33 bits per heavy atom. The van der Waals surface area contributed by atoms with Crippen LogP contribution in [0.5, 0.6) is 11.5 Å². The Kier molecular flexibility index (Phi) is 3.72. The van der Waals surface area contributed by atoms with E-state index in [2.05, 4.69) is 20.5 Å². The molecule has 0 unspecified atom stereocenters. The number of aromatic nitrogens is 3. The summed E-state index contributed by atoms with van der Waals surface area (Å²) in [4.78, 5) is 16.2. The molecule has 1 amide bonds. The topological polar surface area (TPSA) is 89.1 Å². The molecule has 2 aromatic rings. The Hall–Kier alpha value is -2.57. The summed E-state index contributed by atoms with van der Waals surface area (Å²) in [6, 6.07) is 5.25. The van der Waals surface area contributed by atoms with Crippen LogP contribution in [-0.4, -0.2) is 34.3 Å². The summed E-state index contributed by atoms with van der Waals surface area (Å²) in [5.74, 6) is 1.80. The van der Waals surface area contributed by atoms with E-state index in [1.54, 1.807) is 18.2 Å². The van der Waals surface area contributed by atoms with Gasteiger partial charge < -0.3 is 14.8 Å². The van der Waals surface area contributed by atoms with E-state index in [9.17, 15) is 4.79 Å². The average molecular weight is 288 g/mol. The summed E-state index contributed by atoms with van der Waals surface area (Å²) in [6.45, 7) is 3.08. The third-order valence-corrected chi connectivity index (χ3v) is 3.02. The first-order chi connectivity index (χ1) is 10.3. The van der Waals surface area contributed by atoms with Crippen molar-refractivity contribution >= 4 is 11.6 Å². The predicted octanol–water partition coefficient (Wildman–Crippen LogP) is 1.78. The van der Waals surface area contributed by atoms with E-state index in [1.807, 2.05) is 6.92 Å². The maximum atomic E-state index is 12.1. The van der Waals surface area contributed by atoms with Crippen LogP contribution in [0.15, 0.2) is 18.2 Å². The zero-order valence-corrected chi connectivity index (χ0v) is 11.7. The highest BCUT2D eigenvalue weighted by Gasteiger charge is 2.15. The number of aromatic amines is 1. The monoisotopic (exact) mass is 288 g/mol. The maximum Gasteiger partial charge on any atom is 0.295 e. The van der Waals surface area contributed by atoms with Crippen LogP contribution in [0, 0.1) is 0 Å². The molecule has 0 saturated heterocycles. The number of fused-ring (bicyclic) bond motifs is 1. The standard InChI is InChI=1S/C14H16N4O3/c1-2-3-12-16-13(18-17-12)14(19)15-9-4-5-10-11(8-9)21-7-6-20-10/h4-5,8H,2-3,6-7H2,1H3,(H,15,19)(H,16,17,18). The lowest BCUT2D eigenvalue weighted by Crippen LogP contribution is -2.17. The van der Waals surface area contributed by atoms with Crippen molar-refractivity contribution in [3.63, 3.8) is 0 Å². The van der Waals surface area contributed by atoms with Crippen LogP contribution >= 0.6 is 0 Å². The van der Waals surface area contributed by atoms with Crippen molar-refractivity contribution < 1.29 is 14.3 Å². The minimum Gasteiger partial charge on any atom is -0.486 e. The minimum atomic E-state index is -0.356. The van der Waals surface area contributed by atoms with Crippen molar-refractivity contribution in [2.75, 3.05) is 18.5 Å². The first-order valence-corrected chi connectivity index (χ1v) is 6.88. The van der Waals surface area contributed by atoms with Crippen LogP contribution in [0.25, 0.3) is 0 Å². The van der Waals surface area contributed by atoms with Crippen LogP contribution < -0.4 is 14.8 Å². The number of carbonyl (C=O) groups excluding carboxylic acids is 1.